The van der Waals surface area contributed by atoms with Crippen molar-refractivity contribution < 1.29 is 9.53 Å². The number of hydrogen-bond donors (Lipinski definition) is 0. The summed E-state index contributed by atoms with van der Waals surface area (Å²) in [6, 6.07) is 0. The maximum Gasteiger partial charge on any atom is 0.302 e. The molecule has 0 amide bonds. The Kier molecular flexibility index (Phi) is 3.77. The zero-order valence-corrected chi connectivity index (χ0v) is 6.76. The number of ether oxygens (including phenoxy) is 1. The predicted molar refractivity (Wildman–Crippen MR) is 40.6 cm³/mol. The Labute approximate surface area is 61.9 Å². The Morgan fingerprint density at radius 2 is 2.10 bits per heavy atom. The first-order valence-electron chi connectivity index (χ1n) is 3.37. The fourth-order valence-electron chi connectivity index (χ4n) is 0.561. The van der Waals surface area contributed by atoms with Gasteiger partial charge in [-0.15, -0.1) is 6.58 Å². The maximum absolute atomic E-state index is 10.4. The van der Waals surface area contributed by atoms with E-state index in [4.69, 9.17) is 4.74 Å². The van der Waals surface area contributed by atoms with Gasteiger partial charge < -0.3 is 4.74 Å². The topological polar surface area (TPSA) is 26.3 Å². The molecule has 2 heteroatoms. The molecule has 0 aromatic rings. The van der Waals surface area contributed by atoms with Crippen molar-refractivity contribution in [3.8, 4) is 0 Å². The highest BCUT2D eigenvalue weighted by atomic mass is 16.5. The highest BCUT2D eigenvalue weighted by molar-refractivity contribution is 5.66. The van der Waals surface area contributed by atoms with Crippen molar-refractivity contribution >= 4 is 5.97 Å². The van der Waals surface area contributed by atoms with Crippen LogP contribution < -0.4 is 0 Å². The van der Waals surface area contributed by atoms with E-state index in [9.17, 15) is 4.79 Å². The summed E-state index contributed by atoms with van der Waals surface area (Å²) in [5, 5.41) is 0. The molecule has 0 heterocycles. The monoisotopic (exact) mass is 142 g/mol. The van der Waals surface area contributed by atoms with Crippen LogP contribution in [0.1, 0.15) is 20.8 Å². The Bertz CT molecular complexity index is 129. The number of carbonyl (C=O) groups excluding carboxylic acids is 1. The highest BCUT2D eigenvalue weighted by Crippen LogP contribution is 2.06. The van der Waals surface area contributed by atoms with Gasteiger partial charge in [0, 0.05) is 12.8 Å². The van der Waals surface area contributed by atoms with Gasteiger partial charge in [-0.1, -0.05) is 13.0 Å². The van der Waals surface area contributed by atoms with E-state index in [0.717, 1.165) is 0 Å². The molecule has 0 aromatic carbocycles. The van der Waals surface area contributed by atoms with E-state index < -0.39 is 0 Å². The second-order valence-corrected chi connectivity index (χ2v) is 2.41. The summed E-state index contributed by atoms with van der Waals surface area (Å²) in [7, 11) is 0. The quantitative estimate of drug-likeness (QED) is 0.443. The lowest BCUT2D eigenvalue weighted by molar-refractivity contribution is -0.146. The third kappa shape index (κ3) is 3.28. The van der Waals surface area contributed by atoms with Crippen LogP contribution in [-0.2, 0) is 9.53 Å². The minimum atomic E-state index is -0.235. The van der Waals surface area contributed by atoms with Gasteiger partial charge in [0.1, 0.15) is 6.10 Å². The minimum absolute atomic E-state index is 0.0602. The predicted octanol–water partition coefficient (Wildman–Crippen LogP) is 1.76. The summed E-state index contributed by atoms with van der Waals surface area (Å²) >= 11 is 0. The summed E-state index contributed by atoms with van der Waals surface area (Å²) in [5.74, 6) is -0.00917. The first kappa shape index (κ1) is 9.21. The van der Waals surface area contributed by atoms with E-state index in [1.807, 2.05) is 13.8 Å². The smallest absolute Gasteiger partial charge is 0.302 e. The number of esters is 1. The molecule has 2 nitrogen and oxygen atoms in total. The SMILES string of the molecule is C=C[C@@H](C)[C@@H](C)OC(C)=O. The van der Waals surface area contributed by atoms with Gasteiger partial charge in [0.25, 0.3) is 0 Å². The molecule has 0 aliphatic carbocycles. The van der Waals surface area contributed by atoms with Crippen LogP contribution in [0.25, 0.3) is 0 Å². The largest absolute Gasteiger partial charge is 0.462 e. The van der Waals surface area contributed by atoms with Gasteiger partial charge in [0.15, 0.2) is 0 Å². The molecule has 0 aliphatic heterocycles. The third-order valence-corrected chi connectivity index (χ3v) is 1.46. The summed E-state index contributed by atoms with van der Waals surface area (Å²) in [4.78, 5) is 10.4. The number of hydrogen-bond acceptors (Lipinski definition) is 2. The van der Waals surface area contributed by atoms with Gasteiger partial charge in [0.2, 0.25) is 0 Å². The molecule has 0 fully saturated rings. The molecule has 10 heavy (non-hydrogen) atoms. The first-order chi connectivity index (χ1) is 4.57. The van der Waals surface area contributed by atoms with E-state index in [0.29, 0.717) is 0 Å². The van der Waals surface area contributed by atoms with Crippen LogP contribution in [0.4, 0.5) is 0 Å². The fourth-order valence-corrected chi connectivity index (χ4v) is 0.561. The zero-order chi connectivity index (χ0) is 8.15. The number of carbonyl (C=O) groups is 1. The van der Waals surface area contributed by atoms with E-state index in [2.05, 4.69) is 6.58 Å². The van der Waals surface area contributed by atoms with Crippen LogP contribution in [0.5, 0.6) is 0 Å². The maximum atomic E-state index is 10.4. The third-order valence-electron chi connectivity index (χ3n) is 1.46. The van der Waals surface area contributed by atoms with Crippen molar-refractivity contribution in [2.45, 2.75) is 26.9 Å². The van der Waals surface area contributed by atoms with Crippen molar-refractivity contribution in [2.75, 3.05) is 0 Å². The Balaban J connectivity index is 3.71. The molecular weight excluding hydrogens is 128 g/mol. The van der Waals surface area contributed by atoms with Gasteiger partial charge in [-0.25, -0.2) is 0 Å². The van der Waals surface area contributed by atoms with Crippen LogP contribution in [0, 0.1) is 5.92 Å². The van der Waals surface area contributed by atoms with E-state index in [1.165, 1.54) is 6.92 Å². The van der Waals surface area contributed by atoms with Gasteiger partial charge in [-0.05, 0) is 6.92 Å². The molecule has 0 aliphatic rings. The van der Waals surface area contributed by atoms with Crippen LogP contribution in [0.3, 0.4) is 0 Å². The van der Waals surface area contributed by atoms with Crippen molar-refractivity contribution in [1.29, 1.82) is 0 Å². The molecule has 0 radical (unpaired) electrons. The summed E-state index contributed by atoms with van der Waals surface area (Å²) < 4.78 is 4.89. The van der Waals surface area contributed by atoms with Crippen molar-refractivity contribution in [3.63, 3.8) is 0 Å². The molecule has 0 rings (SSSR count). The van der Waals surface area contributed by atoms with Crippen LogP contribution in [0.2, 0.25) is 0 Å². The summed E-state index contributed by atoms with van der Waals surface area (Å²) in [6.07, 6.45) is 1.71. The zero-order valence-electron chi connectivity index (χ0n) is 6.76. The van der Waals surface area contributed by atoms with Gasteiger partial charge in [-0.2, -0.15) is 0 Å². The normalized spacial score (nSPS) is 15.5. The average Bonchev–Trinajstić information content (AvgIpc) is 1.85. The molecular formula is C8H14O2. The van der Waals surface area contributed by atoms with Crippen LogP contribution in [-0.4, -0.2) is 12.1 Å². The lowest BCUT2D eigenvalue weighted by atomic mass is 10.1. The molecule has 0 unspecified atom stereocenters. The van der Waals surface area contributed by atoms with Crippen molar-refractivity contribution in [2.24, 2.45) is 5.92 Å². The van der Waals surface area contributed by atoms with Crippen LogP contribution >= 0.6 is 0 Å². The molecule has 2 atom stereocenters. The molecule has 0 saturated carbocycles. The second kappa shape index (κ2) is 4.09. The molecule has 0 saturated heterocycles. The van der Waals surface area contributed by atoms with Crippen molar-refractivity contribution in [1.82, 2.24) is 0 Å². The minimum Gasteiger partial charge on any atom is -0.462 e. The van der Waals surface area contributed by atoms with Gasteiger partial charge in [0.05, 0.1) is 0 Å². The Morgan fingerprint density at radius 3 is 2.40 bits per heavy atom. The first-order valence-corrected chi connectivity index (χ1v) is 3.37. The molecule has 0 N–H and O–H groups in total. The molecule has 0 spiro atoms. The molecule has 58 valence electrons. The summed E-state index contributed by atoms with van der Waals surface area (Å²) in [5.41, 5.74) is 0. The molecule has 0 bridgehead atoms. The van der Waals surface area contributed by atoms with Crippen LogP contribution in [0.15, 0.2) is 12.7 Å². The summed E-state index contributed by atoms with van der Waals surface area (Å²) in [6.45, 7) is 8.82. The van der Waals surface area contributed by atoms with E-state index in [-0.39, 0.29) is 18.0 Å². The Morgan fingerprint density at radius 1 is 1.60 bits per heavy atom. The van der Waals surface area contributed by atoms with E-state index in [1.54, 1.807) is 6.08 Å². The van der Waals surface area contributed by atoms with Gasteiger partial charge in [-0.3, -0.25) is 4.79 Å². The van der Waals surface area contributed by atoms with Gasteiger partial charge >= 0.3 is 5.97 Å². The lowest BCUT2D eigenvalue weighted by Crippen LogP contribution is -2.18. The second-order valence-electron chi connectivity index (χ2n) is 2.41. The number of rotatable bonds is 3. The molecule has 0 aromatic heterocycles. The Hall–Kier alpha value is -0.790. The average molecular weight is 142 g/mol. The van der Waals surface area contributed by atoms with Crippen molar-refractivity contribution in [3.05, 3.63) is 12.7 Å². The standard InChI is InChI=1S/C8H14O2/c1-5-6(2)7(3)10-8(4)9/h5-7H,1H2,2-4H3/t6-,7-/m1/s1. The fraction of sp³-hybridized carbons (Fsp3) is 0.625. The lowest BCUT2D eigenvalue weighted by Gasteiger charge is -2.15. The highest BCUT2D eigenvalue weighted by Gasteiger charge is 2.10. The van der Waals surface area contributed by atoms with E-state index >= 15 is 0 Å².